The van der Waals surface area contributed by atoms with Crippen LogP contribution in [0.25, 0.3) is 0 Å². The molecule has 2 aromatic rings. The Labute approximate surface area is 350 Å². The number of para-hydroxylation sites is 2. The highest BCUT2D eigenvalue weighted by Crippen LogP contribution is 2.36. The molecule has 0 saturated carbocycles. The summed E-state index contributed by atoms with van der Waals surface area (Å²) in [5.74, 6) is -2.71. The fourth-order valence-electron chi connectivity index (χ4n) is 3.96. The van der Waals surface area contributed by atoms with Crippen molar-refractivity contribution in [2.45, 2.75) is 89.4 Å². The Hall–Kier alpha value is -3.19. The number of halogens is 6. The largest absolute Gasteiger partial charge is 0.697 e. The first kappa shape index (κ1) is 58.9. The smallest absolute Gasteiger partial charge is 0.418 e. The van der Waals surface area contributed by atoms with Crippen LogP contribution in [0.15, 0.2) is 60.7 Å². The lowest BCUT2D eigenvalue weighted by atomic mass is 10.2. The van der Waals surface area contributed by atoms with E-state index >= 15 is 0 Å². The molecule has 0 aromatic heterocycles. The van der Waals surface area contributed by atoms with E-state index in [2.05, 4.69) is 0 Å². The summed E-state index contributed by atoms with van der Waals surface area (Å²) in [5, 5.41) is 20.1. The molecule has 0 aliphatic carbocycles. The maximum absolute atomic E-state index is 11.9. The summed E-state index contributed by atoms with van der Waals surface area (Å²) >= 11 is 0. The Bertz CT molecular complexity index is 1260. The van der Waals surface area contributed by atoms with E-state index in [9.17, 15) is 45.4 Å². The molecule has 2 amide bonds. The minimum Gasteiger partial charge on any atom is -0.418 e. The molecule has 0 fully saturated rings. The van der Waals surface area contributed by atoms with Crippen molar-refractivity contribution in [1.29, 1.82) is 0 Å². The molecule has 0 aliphatic rings. The van der Waals surface area contributed by atoms with Crippen molar-refractivity contribution < 1.29 is 83.2 Å². The van der Waals surface area contributed by atoms with Gasteiger partial charge in [0.15, 0.2) is 0 Å². The molecule has 2 aromatic carbocycles. The predicted octanol–water partition coefficient (Wildman–Crippen LogP) is 8.33. The van der Waals surface area contributed by atoms with Crippen LogP contribution >= 0.6 is 16.9 Å². The van der Waals surface area contributed by atoms with E-state index in [-0.39, 0.29) is 26.3 Å². The van der Waals surface area contributed by atoms with E-state index in [1.165, 1.54) is 6.42 Å². The maximum atomic E-state index is 11.9. The summed E-state index contributed by atoms with van der Waals surface area (Å²) in [5.41, 5.74) is 0. The molecule has 60 heavy (non-hydrogen) atoms. The zero-order chi connectivity index (χ0) is 45.3. The Morgan fingerprint density at radius 2 is 0.900 bits per heavy atom. The van der Waals surface area contributed by atoms with E-state index in [0.29, 0.717) is 50.4 Å². The first-order chi connectivity index (χ1) is 28.6. The van der Waals surface area contributed by atoms with Crippen LogP contribution in [0.4, 0.5) is 26.3 Å². The van der Waals surface area contributed by atoms with Crippen LogP contribution in [0.2, 0.25) is 0 Å². The fraction of sp³-hybridized carbons (Fsp3) is 0.632. The molecule has 2 rings (SSSR count). The van der Waals surface area contributed by atoms with Crippen molar-refractivity contribution in [2.75, 3.05) is 67.0 Å². The van der Waals surface area contributed by atoms with Crippen LogP contribution in [-0.4, -0.2) is 106 Å². The number of hydrogen-bond donors (Lipinski definition) is 5. The van der Waals surface area contributed by atoms with E-state index in [1.54, 1.807) is 49.1 Å². The monoisotopic (exact) mass is 913 g/mol. The first-order valence-electron chi connectivity index (χ1n) is 19.2. The molecule has 346 valence electrons. The van der Waals surface area contributed by atoms with Gasteiger partial charge >= 0.3 is 41.0 Å². The molecular formula is C38H61F6N2O12P2+. The zero-order valence-corrected chi connectivity index (χ0v) is 35.9. The number of methoxy groups -OCH3 is 2. The SMILES string of the molecule is COCCCCCCO.COCCCCCCO[P+](=O)OCCCCNC(=O)C(F)(F)F.O=C(NCCCCO)C(F)(F)F.OP(Oc1ccccc1)Oc1ccccc1. The second-order valence-corrected chi connectivity index (χ2v) is 13.9. The number of carbonyl (C=O) groups excluding carboxylic acids is 2. The molecule has 5 N–H and O–H groups in total. The number of aliphatic hydroxyl groups is 2. The Balaban J connectivity index is 0. The number of benzene rings is 2. The summed E-state index contributed by atoms with van der Waals surface area (Å²) in [6.07, 6.45) is -0.197. The summed E-state index contributed by atoms with van der Waals surface area (Å²) in [6, 6.07) is 18.2. The van der Waals surface area contributed by atoms with Crippen molar-refractivity contribution in [2.24, 2.45) is 0 Å². The summed E-state index contributed by atoms with van der Waals surface area (Å²) in [7, 11) is -0.773. The second kappa shape index (κ2) is 39.9. The minimum atomic E-state index is -4.86. The number of ether oxygens (including phenoxy) is 2. The number of unbranched alkanes of at least 4 members (excludes halogenated alkanes) is 8. The van der Waals surface area contributed by atoms with Crippen LogP contribution in [0.3, 0.4) is 0 Å². The second-order valence-electron chi connectivity index (χ2n) is 12.1. The Morgan fingerprint density at radius 3 is 1.27 bits per heavy atom. The van der Waals surface area contributed by atoms with Crippen molar-refractivity contribution in [3.63, 3.8) is 0 Å². The van der Waals surface area contributed by atoms with Gasteiger partial charge in [0.2, 0.25) is 0 Å². The third kappa shape index (κ3) is 40.2. The molecule has 0 radical (unpaired) electrons. The van der Waals surface area contributed by atoms with Gasteiger partial charge in [-0.2, -0.15) is 26.3 Å². The average molecular weight is 914 g/mol. The minimum absolute atomic E-state index is 0.0566. The quantitative estimate of drug-likeness (QED) is 0.0312. The number of carbonyl (C=O) groups is 2. The van der Waals surface area contributed by atoms with Crippen LogP contribution in [-0.2, 0) is 32.7 Å². The third-order valence-electron chi connectivity index (χ3n) is 6.99. The highest BCUT2D eigenvalue weighted by atomic mass is 31.2. The number of nitrogens with one attached hydrogen (secondary N) is 2. The van der Waals surface area contributed by atoms with Crippen molar-refractivity contribution in [3.05, 3.63) is 60.7 Å². The van der Waals surface area contributed by atoms with Gasteiger partial charge in [-0.25, -0.2) is 0 Å². The van der Waals surface area contributed by atoms with Gasteiger partial charge in [0.1, 0.15) is 24.7 Å². The molecule has 1 unspecified atom stereocenters. The van der Waals surface area contributed by atoms with E-state index in [4.69, 9.17) is 37.8 Å². The van der Waals surface area contributed by atoms with Gasteiger partial charge in [0, 0.05) is 58.3 Å². The molecule has 22 heteroatoms. The normalized spacial score (nSPS) is 11.2. The summed E-state index contributed by atoms with van der Waals surface area (Å²) in [6.45, 7) is 2.09. The van der Waals surface area contributed by atoms with E-state index < -0.39 is 41.0 Å². The number of rotatable bonds is 28. The molecular weight excluding hydrogens is 852 g/mol. The lowest BCUT2D eigenvalue weighted by molar-refractivity contribution is -0.173. The van der Waals surface area contributed by atoms with Crippen molar-refractivity contribution >= 4 is 28.7 Å². The number of amides is 2. The first-order valence-corrected chi connectivity index (χ1v) is 21.4. The molecule has 0 spiro atoms. The number of alkyl halides is 6. The summed E-state index contributed by atoms with van der Waals surface area (Å²) < 4.78 is 111. The van der Waals surface area contributed by atoms with Crippen LogP contribution in [0.1, 0.15) is 77.0 Å². The van der Waals surface area contributed by atoms with Crippen LogP contribution in [0, 0.1) is 0 Å². The molecule has 0 aliphatic heterocycles. The highest BCUT2D eigenvalue weighted by molar-refractivity contribution is 7.41. The van der Waals surface area contributed by atoms with Gasteiger partial charge in [0.25, 0.3) is 0 Å². The fourth-order valence-corrected chi connectivity index (χ4v) is 5.23. The Kier molecular flexibility index (Phi) is 39.2. The van der Waals surface area contributed by atoms with Gasteiger partial charge in [0.05, 0.1) is 0 Å². The van der Waals surface area contributed by atoms with Gasteiger partial charge in [-0.15, -0.1) is 9.05 Å². The third-order valence-corrected chi connectivity index (χ3v) is 8.51. The lowest BCUT2D eigenvalue weighted by Crippen LogP contribution is -2.37. The van der Waals surface area contributed by atoms with Crippen molar-refractivity contribution in [3.8, 4) is 11.5 Å². The standard InChI is InChI=1S/C13H23F3NO5P.C12H11O3P.C7H16O2.C6H10F3NO2/c1-20-9-5-2-3-6-10-21-23(19)22-11-7-4-8-17-12(18)13(14,15)16;13-16(14-11-7-3-1-4-8-11)15-12-9-5-2-6-10-12;1-9-7-5-3-2-4-6-8;7-6(8,9)5(12)10-3-1-2-4-11/h2-11H2,1H3;1-10,13H;8H,2-7H2,1H3;11H,1-4H2,(H,10,12)/p+1. The zero-order valence-electron chi connectivity index (χ0n) is 34.1. The number of hydrogen-bond acceptors (Lipinski definition) is 12. The van der Waals surface area contributed by atoms with Crippen LogP contribution < -0.4 is 19.7 Å². The van der Waals surface area contributed by atoms with Gasteiger partial charge in [-0.05, 0) is 75.6 Å². The van der Waals surface area contributed by atoms with Gasteiger partial charge in [-0.3, -0.25) is 9.59 Å². The molecule has 0 bridgehead atoms. The molecule has 0 heterocycles. The summed E-state index contributed by atoms with van der Waals surface area (Å²) in [4.78, 5) is 30.2. The van der Waals surface area contributed by atoms with Gasteiger partial charge < -0.3 is 44.3 Å². The predicted molar refractivity (Wildman–Crippen MR) is 214 cm³/mol. The van der Waals surface area contributed by atoms with Crippen LogP contribution in [0.5, 0.6) is 11.5 Å². The molecule has 14 nitrogen and oxygen atoms in total. The Morgan fingerprint density at radius 1 is 0.567 bits per heavy atom. The van der Waals surface area contributed by atoms with E-state index in [0.717, 1.165) is 58.2 Å². The van der Waals surface area contributed by atoms with Crippen molar-refractivity contribution in [1.82, 2.24) is 10.6 Å². The van der Waals surface area contributed by atoms with Gasteiger partial charge in [-0.1, -0.05) is 62.1 Å². The highest BCUT2D eigenvalue weighted by Gasteiger charge is 2.38. The molecule has 0 saturated heterocycles. The van der Waals surface area contributed by atoms with E-state index in [1.807, 2.05) is 36.4 Å². The average Bonchev–Trinajstić information content (AvgIpc) is 3.21. The molecule has 1 atom stereocenters. The lowest BCUT2D eigenvalue weighted by Gasteiger charge is -2.11. The maximum Gasteiger partial charge on any atom is 0.697 e. The number of aliphatic hydroxyl groups excluding tert-OH is 2. The topological polar surface area (TPSA) is 191 Å².